The number of rotatable bonds is 7. The molecule has 0 aromatic carbocycles. The van der Waals surface area contributed by atoms with Crippen LogP contribution in [-0.2, 0) is 18.9 Å². The van der Waals surface area contributed by atoms with Crippen LogP contribution in [0, 0.1) is 22.7 Å². The average molecular weight is 603 g/mol. The highest BCUT2D eigenvalue weighted by molar-refractivity contribution is 7.16. The summed E-state index contributed by atoms with van der Waals surface area (Å²) < 4.78 is 22.6. The van der Waals surface area contributed by atoms with Crippen molar-refractivity contribution in [3.05, 3.63) is 39.5 Å². The van der Waals surface area contributed by atoms with Gasteiger partial charge in [0.05, 0.1) is 22.8 Å². The lowest BCUT2D eigenvalue weighted by Crippen LogP contribution is -2.59. The first-order valence-electron chi connectivity index (χ1n) is 14.8. The number of aromatic nitrogens is 4. The van der Waals surface area contributed by atoms with E-state index in [9.17, 15) is 14.9 Å². The molecule has 13 heteroatoms. The van der Waals surface area contributed by atoms with Gasteiger partial charge in [-0.25, -0.2) is 4.39 Å². The zero-order chi connectivity index (χ0) is 30.1. The Balaban J connectivity index is 1.24. The summed E-state index contributed by atoms with van der Waals surface area (Å²) in [6.07, 6.45) is 5.06. The summed E-state index contributed by atoms with van der Waals surface area (Å²) in [5.41, 5.74) is 8.66. The summed E-state index contributed by atoms with van der Waals surface area (Å²) in [5.74, 6) is 0.986. The monoisotopic (exact) mass is 602 g/mol. The Morgan fingerprint density at radius 3 is 2.77 bits per heavy atom. The summed E-state index contributed by atoms with van der Waals surface area (Å²) in [4.78, 5) is 17.1. The third-order valence-corrected chi connectivity index (χ3v) is 11.2. The van der Waals surface area contributed by atoms with Crippen molar-refractivity contribution in [2.75, 3.05) is 55.4 Å². The highest BCUT2D eigenvalue weighted by atomic mass is 32.1. The minimum absolute atomic E-state index is 0.145. The second-order valence-corrected chi connectivity index (χ2v) is 13.7. The van der Waals surface area contributed by atoms with Gasteiger partial charge in [-0.15, -0.1) is 11.3 Å². The predicted octanol–water partition coefficient (Wildman–Crippen LogP) is 3.45. The van der Waals surface area contributed by atoms with Gasteiger partial charge >= 0.3 is 6.01 Å². The number of anilines is 3. The van der Waals surface area contributed by atoms with Gasteiger partial charge < -0.3 is 20.3 Å². The molecule has 11 nitrogen and oxygen atoms in total. The van der Waals surface area contributed by atoms with Crippen molar-refractivity contribution >= 4 is 28.0 Å². The van der Waals surface area contributed by atoms with Gasteiger partial charge in [-0.05, 0) is 50.8 Å². The van der Waals surface area contributed by atoms with Crippen LogP contribution < -0.4 is 20.3 Å². The fraction of sp³-hybridized carbons (Fsp3) is 0.567. The minimum atomic E-state index is -0.860. The fourth-order valence-electron chi connectivity index (χ4n) is 7.86. The number of ether oxygens (including phenoxy) is 1. The number of nitrogen functional groups attached to an aromatic ring is 1. The van der Waals surface area contributed by atoms with Gasteiger partial charge in [-0.3, -0.25) is 9.58 Å². The van der Waals surface area contributed by atoms with E-state index in [-0.39, 0.29) is 23.0 Å². The van der Waals surface area contributed by atoms with E-state index in [0.717, 1.165) is 43.5 Å². The van der Waals surface area contributed by atoms with Gasteiger partial charge in [0.25, 0.3) is 0 Å². The van der Waals surface area contributed by atoms with E-state index >= 15 is 0 Å². The number of aryl methyl sites for hydroxylation is 2. The predicted molar refractivity (Wildman–Crippen MR) is 161 cm³/mol. The Hall–Kier alpha value is -3.94. The van der Waals surface area contributed by atoms with Crippen molar-refractivity contribution in [3.8, 4) is 18.1 Å². The lowest BCUT2D eigenvalue weighted by molar-refractivity contribution is 0.107. The van der Waals surface area contributed by atoms with Gasteiger partial charge in [0.15, 0.2) is 11.6 Å². The van der Waals surface area contributed by atoms with Crippen molar-refractivity contribution in [1.82, 2.24) is 24.6 Å². The molecule has 1 unspecified atom stereocenters. The number of nitrogens with zero attached hydrogens (tertiary/aromatic N) is 9. The molecule has 224 valence electrons. The first kappa shape index (κ1) is 27.9. The summed E-state index contributed by atoms with van der Waals surface area (Å²) in [7, 11) is 3.80. The van der Waals surface area contributed by atoms with E-state index < -0.39 is 6.17 Å². The van der Waals surface area contributed by atoms with Crippen LogP contribution in [0.4, 0.5) is 21.0 Å². The van der Waals surface area contributed by atoms with Crippen molar-refractivity contribution in [1.29, 1.82) is 10.5 Å². The maximum absolute atomic E-state index is 14.5. The standard InChI is InChI=1S/C30H35FN10OS/c1-18(22-6-9-35-39(22)3)38(2)26-21(13-33)27(37-28(36-26)42-17-30-7-4-10-41(30)14-19(31)11-30)40-15-29(16-40)8-5-23-24(29)20(12-32)25(34)43-23/h6,9,18-19H,4-5,7-8,10-11,14-17,34H2,1-3H3/t18?,19-,30+/m1/s1. The molecule has 0 bridgehead atoms. The van der Waals surface area contributed by atoms with E-state index in [1.807, 2.05) is 36.7 Å². The molecule has 2 N–H and O–H groups in total. The third kappa shape index (κ3) is 4.24. The van der Waals surface area contributed by atoms with Crippen LogP contribution in [0.5, 0.6) is 6.01 Å². The lowest BCUT2D eigenvalue weighted by Gasteiger charge is -2.49. The molecule has 3 aliphatic heterocycles. The smallest absolute Gasteiger partial charge is 0.320 e. The zero-order valence-electron chi connectivity index (χ0n) is 24.7. The van der Waals surface area contributed by atoms with Gasteiger partial charge in [-0.1, -0.05) is 0 Å². The molecule has 43 heavy (non-hydrogen) atoms. The maximum Gasteiger partial charge on any atom is 0.320 e. The number of alkyl halides is 1. The van der Waals surface area contributed by atoms with Crippen molar-refractivity contribution in [3.63, 3.8) is 0 Å². The van der Waals surface area contributed by atoms with Crippen LogP contribution in [0.2, 0.25) is 0 Å². The quantitative estimate of drug-likeness (QED) is 0.428. The van der Waals surface area contributed by atoms with Crippen molar-refractivity contribution < 1.29 is 9.13 Å². The number of hydrogen-bond acceptors (Lipinski definition) is 11. The number of nitriles is 2. The molecule has 3 fully saturated rings. The van der Waals surface area contributed by atoms with Crippen LogP contribution in [-0.4, -0.2) is 76.2 Å². The third-order valence-electron chi connectivity index (χ3n) is 10.2. The normalized spacial score (nSPS) is 24.3. The Morgan fingerprint density at radius 1 is 1.26 bits per heavy atom. The lowest BCUT2D eigenvalue weighted by atomic mass is 9.74. The molecule has 0 amide bonds. The van der Waals surface area contributed by atoms with Crippen molar-refractivity contribution in [2.45, 2.75) is 62.2 Å². The van der Waals surface area contributed by atoms with Gasteiger partial charge in [0, 0.05) is 56.6 Å². The van der Waals surface area contributed by atoms with Gasteiger partial charge in [0.1, 0.15) is 35.5 Å². The Bertz CT molecular complexity index is 1670. The fourth-order valence-corrected chi connectivity index (χ4v) is 9.00. The number of thiophene rings is 1. The van der Waals surface area contributed by atoms with Gasteiger partial charge in [0.2, 0.25) is 0 Å². The molecule has 1 spiro atoms. The molecule has 3 saturated heterocycles. The van der Waals surface area contributed by atoms with Crippen molar-refractivity contribution in [2.24, 2.45) is 7.05 Å². The Morgan fingerprint density at radius 2 is 2.05 bits per heavy atom. The largest absolute Gasteiger partial charge is 0.461 e. The van der Waals surface area contributed by atoms with E-state index in [4.69, 9.17) is 20.4 Å². The summed E-state index contributed by atoms with van der Waals surface area (Å²) >= 11 is 1.52. The number of nitrogens with two attached hydrogens (primary N) is 1. The molecule has 3 aromatic rings. The summed E-state index contributed by atoms with van der Waals surface area (Å²) in [6.45, 7) is 4.89. The maximum atomic E-state index is 14.5. The average Bonchev–Trinajstić information content (AvgIpc) is 3.77. The second kappa shape index (κ2) is 10.1. The second-order valence-electron chi connectivity index (χ2n) is 12.6. The topological polar surface area (TPSA) is 136 Å². The molecule has 7 rings (SSSR count). The highest BCUT2D eigenvalue weighted by Crippen LogP contribution is 2.53. The molecular formula is C30H35FN10OS. The summed E-state index contributed by atoms with van der Waals surface area (Å²) in [6, 6.07) is 6.70. The molecular weight excluding hydrogens is 567 g/mol. The first-order valence-corrected chi connectivity index (χ1v) is 15.6. The van der Waals surface area contributed by atoms with Crippen LogP contribution in [0.25, 0.3) is 0 Å². The van der Waals surface area contributed by atoms with Crippen LogP contribution in [0.15, 0.2) is 12.3 Å². The first-order chi connectivity index (χ1) is 20.7. The SMILES string of the molecule is CC(c1ccnn1C)N(C)c1nc(OC[C@@]23CCCN2C[C@H](F)C3)nc(N2CC3(CCc4sc(N)c(C#N)c43)C2)c1C#N. The number of hydrogen-bond donors (Lipinski definition) is 1. The molecule has 6 heterocycles. The molecule has 4 aliphatic rings. The van der Waals surface area contributed by atoms with Crippen LogP contribution in [0.1, 0.15) is 65.9 Å². The molecule has 3 aromatic heterocycles. The summed E-state index contributed by atoms with van der Waals surface area (Å²) in [5, 5.41) is 25.2. The van der Waals surface area contributed by atoms with Gasteiger partial charge in [-0.2, -0.15) is 25.6 Å². The van der Waals surface area contributed by atoms with E-state index in [1.54, 1.807) is 6.20 Å². The van der Waals surface area contributed by atoms with E-state index in [0.29, 0.717) is 60.4 Å². The Labute approximate surface area is 254 Å². The van der Waals surface area contributed by atoms with E-state index in [1.165, 1.54) is 16.2 Å². The number of fused-ring (bicyclic) bond motifs is 3. The highest BCUT2D eigenvalue weighted by Gasteiger charge is 2.53. The number of halogens is 1. The van der Waals surface area contributed by atoms with Crippen LogP contribution in [0.3, 0.4) is 0 Å². The minimum Gasteiger partial charge on any atom is -0.461 e. The molecule has 3 atom stereocenters. The van der Waals surface area contributed by atoms with Crippen LogP contribution >= 0.6 is 11.3 Å². The molecule has 1 aliphatic carbocycles. The zero-order valence-corrected chi connectivity index (χ0v) is 25.5. The molecule has 0 saturated carbocycles. The Kier molecular flexibility index (Phi) is 6.52. The molecule has 0 radical (unpaired) electrons. The van der Waals surface area contributed by atoms with E-state index in [2.05, 4.69) is 27.0 Å².